The molecule has 0 amide bonds. The number of unbranched alkanes of at least 4 members (excludes halogenated alkanes) is 1. The van der Waals surface area contributed by atoms with Crippen LogP contribution in [0.25, 0.3) is 0 Å². The first kappa shape index (κ1) is 16.2. The van der Waals surface area contributed by atoms with Gasteiger partial charge in [0.25, 0.3) is 0 Å². The van der Waals surface area contributed by atoms with Crippen LogP contribution in [0.4, 0.5) is 0 Å². The molecule has 2 N–H and O–H groups in total. The smallest absolute Gasteiger partial charge is 0.310 e. The molecule has 20 heavy (non-hydrogen) atoms. The first-order chi connectivity index (χ1) is 9.56. The lowest BCUT2D eigenvalue weighted by atomic mass is 9.89. The van der Waals surface area contributed by atoms with E-state index in [-0.39, 0.29) is 6.42 Å². The quantitative estimate of drug-likeness (QED) is 0.678. The van der Waals surface area contributed by atoms with Crippen LogP contribution >= 0.6 is 0 Å². The Labute approximate surface area is 119 Å². The fourth-order valence-corrected chi connectivity index (χ4v) is 2.39. The highest BCUT2D eigenvalue weighted by molar-refractivity contribution is 5.76. The first-order valence-corrected chi connectivity index (χ1v) is 7.08. The Balaban J connectivity index is 2.75. The average Bonchev–Trinajstić information content (AvgIpc) is 2.41. The van der Waals surface area contributed by atoms with Gasteiger partial charge in [-0.2, -0.15) is 0 Å². The lowest BCUT2D eigenvalue weighted by Gasteiger charge is -2.16. The zero-order valence-corrected chi connectivity index (χ0v) is 11.8. The number of benzene rings is 1. The van der Waals surface area contributed by atoms with E-state index in [1.54, 1.807) is 0 Å². The standard InChI is InChI=1S/C16H22O4/c1-2-7-14(16(19)20)13-10-5-3-8-12(13)9-4-6-11-15(17)18/h3,5,8,10,14H,2,4,6-7,9,11H2,1H3,(H,17,18)(H,19,20). The fraction of sp³-hybridized carbons (Fsp3) is 0.500. The van der Waals surface area contributed by atoms with Crippen molar-refractivity contribution in [1.29, 1.82) is 0 Å². The van der Waals surface area contributed by atoms with Gasteiger partial charge in [-0.1, -0.05) is 37.6 Å². The Hall–Kier alpha value is -1.84. The van der Waals surface area contributed by atoms with Crippen molar-refractivity contribution in [2.45, 2.75) is 51.4 Å². The summed E-state index contributed by atoms with van der Waals surface area (Å²) in [6.45, 7) is 1.98. The van der Waals surface area contributed by atoms with Gasteiger partial charge in [0.05, 0.1) is 5.92 Å². The predicted molar refractivity (Wildman–Crippen MR) is 76.9 cm³/mol. The van der Waals surface area contributed by atoms with Gasteiger partial charge in [0.2, 0.25) is 0 Å². The van der Waals surface area contributed by atoms with Gasteiger partial charge in [-0.25, -0.2) is 0 Å². The van der Waals surface area contributed by atoms with E-state index < -0.39 is 17.9 Å². The lowest BCUT2D eigenvalue weighted by molar-refractivity contribution is -0.139. The Morgan fingerprint density at radius 2 is 1.85 bits per heavy atom. The summed E-state index contributed by atoms with van der Waals surface area (Å²) in [5.41, 5.74) is 1.90. The van der Waals surface area contributed by atoms with Gasteiger partial charge in [0.1, 0.15) is 0 Å². The fourth-order valence-electron chi connectivity index (χ4n) is 2.39. The molecule has 4 nitrogen and oxygen atoms in total. The summed E-state index contributed by atoms with van der Waals surface area (Å²) in [4.78, 5) is 21.9. The van der Waals surface area contributed by atoms with Crippen LogP contribution in [0, 0.1) is 0 Å². The van der Waals surface area contributed by atoms with Gasteiger partial charge in [-0.3, -0.25) is 9.59 Å². The van der Waals surface area contributed by atoms with Crippen LogP contribution < -0.4 is 0 Å². The molecule has 0 aliphatic rings. The molecule has 1 rings (SSSR count). The molecule has 0 aromatic heterocycles. The number of hydrogen-bond acceptors (Lipinski definition) is 2. The average molecular weight is 278 g/mol. The number of aliphatic carboxylic acids is 2. The summed E-state index contributed by atoms with van der Waals surface area (Å²) >= 11 is 0. The zero-order chi connectivity index (χ0) is 15.0. The highest BCUT2D eigenvalue weighted by Gasteiger charge is 2.21. The van der Waals surface area contributed by atoms with Crippen molar-refractivity contribution in [3.05, 3.63) is 35.4 Å². The Bertz CT molecular complexity index is 454. The Morgan fingerprint density at radius 3 is 2.45 bits per heavy atom. The number of carboxylic acids is 2. The number of aryl methyl sites for hydroxylation is 1. The molecular formula is C16H22O4. The van der Waals surface area contributed by atoms with Crippen molar-refractivity contribution < 1.29 is 19.8 Å². The van der Waals surface area contributed by atoms with E-state index in [0.29, 0.717) is 12.8 Å². The Kier molecular flexibility index (Phi) is 6.77. The molecule has 0 aliphatic carbocycles. The minimum atomic E-state index is -0.787. The second-order valence-electron chi connectivity index (χ2n) is 4.98. The topological polar surface area (TPSA) is 74.6 Å². The van der Waals surface area contributed by atoms with Crippen LogP contribution in [0.1, 0.15) is 56.1 Å². The van der Waals surface area contributed by atoms with Crippen molar-refractivity contribution in [2.75, 3.05) is 0 Å². The minimum Gasteiger partial charge on any atom is -0.481 e. The van der Waals surface area contributed by atoms with E-state index in [4.69, 9.17) is 5.11 Å². The van der Waals surface area contributed by atoms with Gasteiger partial charge >= 0.3 is 11.9 Å². The van der Waals surface area contributed by atoms with Gasteiger partial charge in [0, 0.05) is 6.42 Å². The third-order valence-electron chi connectivity index (χ3n) is 3.39. The highest BCUT2D eigenvalue weighted by atomic mass is 16.4. The highest BCUT2D eigenvalue weighted by Crippen LogP contribution is 2.26. The molecule has 0 fully saturated rings. The summed E-state index contributed by atoms with van der Waals surface area (Å²) in [6, 6.07) is 7.59. The summed E-state index contributed by atoms with van der Waals surface area (Å²) in [7, 11) is 0. The van der Waals surface area contributed by atoms with Gasteiger partial charge in [0.15, 0.2) is 0 Å². The summed E-state index contributed by atoms with van der Waals surface area (Å²) in [6.07, 6.45) is 3.74. The number of rotatable bonds is 9. The van der Waals surface area contributed by atoms with Crippen LogP contribution in [-0.2, 0) is 16.0 Å². The normalized spacial score (nSPS) is 12.1. The molecule has 0 radical (unpaired) electrons. The van der Waals surface area contributed by atoms with Crippen molar-refractivity contribution >= 4 is 11.9 Å². The molecule has 4 heteroatoms. The molecule has 1 aromatic rings. The lowest BCUT2D eigenvalue weighted by Crippen LogP contribution is -2.13. The summed E-state index contributed by atoms with van der Waals surface area (Å²) < 4.78 is 0. The van der Waals surface area contributed by atoms with Crippen LogP contribution in [0.5, 0.6) is 0 Å². The maximum Gasteiger partial charge on any atom is 0.310 e. The van der Waals surface area contributed by atoms with Crippen LogP contribution in [-0.4, -0.2) is 22.2 Å². The molecule has 0 spiro atoms. The second-order valence-corrected chi connectivity index (χ2v) is 4.98. The third-order valence-corrected chi connectivity index (χ3v) is 3.39. The third kappa shape index (κ3) is 5.03. The van der Waals surface area contributed by atoms with Gasteiger partial charge < -0.3 is 10.2 Å². The Morgan fingerprint density at radius 1 is 1.15 bits per heavy atom. The van der Waals surface area contributed by atoms with Crippen molar-refractivity contribution in [2.24, 2.45) is 0 Å². The van der Waals surface area contributed by atoms with Crippen LogP contribution in [0.15, 0.2) is 24.3 Å². The molecule has 0 saturated heterocycles. The van der Waals surface area contributed by atoms with Crippen LogP contribution in [0.2, 0.25) is 0 Å². The summed E-state index contributed by atoms with van der Waals surface area (Å²) in [5.74, 6) is -2.03. The molecule has 0 bridgehead atoms. The molecular weight excluding hydrogens is 256 g/mol. The van der Waals surface area contributed by atoms with E-state index in [2.05, 4.69) is 0 Å². The minimum absolute atomic E-state index is 0.166. The number of hydrogen-bond donors (Lipinski definition) is 2. The summed E-state index contributed by atoms with van der Waals surface area (Å²) in [5, 5.41) is 18.0. The molecule has 1 atom stereocenters. The molecule has 0 saturated carbocycles. The van der Waals surface area contributed by atoms with E-state index >= 15 is 0 Å². The maximum absolute atomic E-state index is 11.4. The van der Waals surface area contributed by atoms with Gasteiger partial charge in [-0.05, 0) is 36.8 Å². The van der Waals surface area contributed by atoms with Crippen molar-refractivity contribution in [1.82, 2.24) is 0 Å². The van der Waals surface area contributed by atoms with E-state index in [9.17, 15) is 14.7 Å². The van der Waals surface area contributed by atoms with Crippen molar-refractivity contribution in [3.8, 4) is 0 Å². The SMILES string of the molecule is CCCC(C(=O)O)c1ccccc1CCCCC(=O)O. The number of carboxylic acid groups (broad SMARTS) is 2. The van der Waals surface area contributed by atoms with Crippen molar-refractivity contribution in [3.63, 3.8) is 0 Å². The maximum atomic E-state index is 11.4. The first-order valence-electron chi connectivity index (χ1n) is 7.08. The van der Waals surface area contributed by atoms with E-state index in [1.165, 1.54) is 0 Å². The van der Waals surface area contributed by atoms with E-state index in [1.807, 2.05) is 31.2 Å². The molecule has 1 unspecified atom stereocenters. The molecule has 0 aliphatic heterocycles. The monoisotopic (exact) mass is 278 g/mol. The molecule has 110 valence electrons. The van der Waals surface area contributed by atoms with Gasteiger partial charge in [-0.15, -0.1) is 0 Å². The van der Waals surface area contributed by atoms with E-state index in [0.717, 1.165) is 30.4 Å². The molecule has 1 aromatic carbocycles. The largest absolute Gasteiger partial charge is 0.481 e. The predicted octanol–water partition coefficient (Wildman–Crippen LogP) is 3.45. The zero-order valence-electron chi connectivity index (χ0n) is 11.8. The van der Waals surface area contributed by atoms with Crippen LogP contribution in [0.3, 0.4) is 0 Å². The molecule has 0 heterocycles. The number of carbonyl (C=O) groups is 2. The second kappa shape index (κ2) is 8.35.